The molecule has 82 valence electrons. The summed E-state index contributed by atoms with van der Waals surface area (Å²) < 4.78 is 8.46. The van der Waals surface area contributed by atoms with E-state index in [2.05, 4.69) is 9.33 Å². The van der Waals surface area contributed by atoms with Crippen LogP contribution in [0.4, 0.5) is 0 Å². The first-order chi connectivity index (χ1) is 6.65. The number of esters is 1. The lowest BCUT2D eigenvalue weighted by Crippen LogP contribution is -2.27. The minimum Gasteiger partial charge on any atom is -0.450 e. The van der Waals surface area contributed by atoms with Crippen LogP contribution in [0, 0.1) is 0 Å². The van der Waals surface area contributed by atoms with Gasteiger partial charge in [0.25, 0.3) is 0 Å². The second kappa shape index (κ2) is 7.58. The Labute approximate surface area is 87.4 Å². The van der Waals surface area contributed by atoms with Crippen LogP contribution in [0.1, 0.15) is 33.1 Å². The van der Waals surface area contributed by atoms with Crippen LogP contribution in [-0.4, -0.2) is 18.0 Å². The van der Waals surface area contributed by atoms with Gasteiger partial charge in [0, 0.05) is 6.42 Å². The summed E-state index contributed by atoms with van der Waals surface area (Å²) in [5.74, 6) is -1.25. The van der Waals surface area contributed by atoms with Crippen molar-refractivity contribution in [2.45, 2.75) is 39.2 Å². The van der Waals surface area contributed by atoms with Crippen LogP contribution in [0.3, 0.4) is 0 Å². The first-order valence-corrected chi connectivity index (χ1v) is 4.65. The maximum absolute atomic E-state index is 11.0. The summed E-state index contributed by atoms with van der Waals surface area (Å²) in [7, 11) is 0. The summed E-state index contributed by atoms with van der Waals surface area (Å²) in [6.07, 6.45) is 0.295. The van der Waals surface area contributed by atoms with Crippen LogP contribution in [0.15, 0.2) is 0 Å². The molecule has 0 amide bonds. The quantitative estimate of drug-likeness (QED) is 0.391. The van der Waals surface area contributed by atoms with Gasteiger partial charge in [0.15, 0.2) is 0 Å². The van der Waals surface area contributed by atoms with Crippen molar-refractivity contribution in [3.63, 3.8) is 0 Å². The number of carbonyl (C=O) groups is 2. The predicted molar refractivity (Wildman–Crippen MR) is 48.1 cm³/mol. The zero-order chi connectivity index (χ0) is 11.0. The van der Waals surface area contributed by atoms with Gasteiger partial charge in [-0.1, -0.05) is 18.3 Å². The van der Waals surface area contributed by atoms with E-state index in [4.69, 9.17) is 16.6 Å². The van der Waals surface area contributed by atoms with Gasteiger partial charge < -0.3 is 4.74 Å². The molecule has 0 saturated carbocycles. The molecule has 0 aliphatic carbocycles. The predicted octanol–water partition coefficient (Wildman–Crippen LogP) is 1.74. The molecule has 0 aromatic heterocycles. The second-order valence-corrected chi connectivity index (χ2v) is 2.73. The fourth-order valence-corrected chi connectivity index (χ4v) is 0.867. The highest BCUT2D eigenvalue weighted by Crippen LogP contribution is 2.05. The molecule has 0 N–H and O–H groups in total. The SMILES string of the molecule is CCCC(=O)OC(CC)C(=O)OOCl. The summed E-state index contributed by atoms with van der Waals surface area (Å²) in [4.78, 5) is 26.0. The first-order valence-electron chi connectivity index (χ1n) is 4.34. The third-order valence-electron chi connectivity index (χ3n) is 1.48. The monoisotopic (exact) mass is 224 g/mol. The third-order valence-corrected chi connectivity index (χ3v) is 1.54. The van der Waals surface area contributed by atoms with Crippen molar-refractivity contribution in [3.8, 4) is 0 Å². The lowest BCUT2D eigenvalue weighted by molar-refractivity contribution is -0.223. The van der Waals surface area contributed by atoms with Crippen LogP contribution in [-0.2, 0) is 23.7 Å². The number of halogens is 1. The molecule has 6 heteroatoms. The molecule has 0 aliphatic heterocycles. The normalized spacial score (nSPS) is 11.9. The summed E-state index contributed by atoms with van der Waals surface area (Å²) >= 11 is 4.71. The minimum absolute atomic E-state index is 0.269. The number of hydrogen-bond acceptors (Lipinski definition) is 5. The number of ether oxygens (including phenoxy) is 1. The summed E-state index contributed by atoms with van der Waals surface area (Å²) in [5.41, 5.74) is 0. The molecule has 5 nitrogen and oxygen atoms in total. The average Bonchev–Trinajstić information content (AvgIpc) is 2.15. The molecule has 0 aromatic rings. The van der Waals surface area contributed by atoms with Crippen LogP contribution in [0.2, 0.25) is 0 Å². The Balaban J connectivity index is 4.01. The van der Waals surface area contributed by atoms with Crippen molar-refractivity contribution in [1.29, 1.82) is 0 Å². The smallest absolute Gasteiger partial charge is 0.384 e. The zero-order valence-corrected chi connectivity index (χ0v) is 8.87. The van der Waals surface area contributed by atoms with Crippen molar-refractivity contribution in [3.05, 3.63) is 0 Å². The van der Waals surface area contributed by atoms with E-state index in [0.29, 0.717) is 12.8 Å². The van der Waals surface area contributed by atoms with E-state index < -0.39 is 18.0 Å². The molecule has 0 radical (unpaired) electrons. The van der Waals surface area contributed by atoms with Crippen molar-refractivity contribution in [1.82, 2.24) is 0 Å². The molecular formula is C8H13ClO5. The standard InChI is InChI=1S/C8H13ClO5/c1-3-5-7(10)12-6(4-2)8(11)13-14-9/h6H,3-5H2,1-2H3. The molecule has 0 saturated heterocycles. The van der Waals surface area contributed by atoms with Gasteiger partial charge in [-0.15, -0.1) is 0 Å². The van der Waals surface area contributed by atoms with Gasteiger partial charge in [0.1, 0.15) is 11.9 Å². The van der Waals surface area contributed by atoms with Gasteiger partial charge in [0.2, 0.25) is 6.10 Å². The molecule has 0 aliphatic rings. The third kappa shape index (κ3) is 5.04. The highest BCUT2D eigenvalue weighted by Gasteiger charge is 2.23. The Kier molecular flexibility index (Phi) is 7.14. The van der Waals surface area contributed by atoms with Gasteiger partial charge in [-0.25, -0.2) is 4.79 Å². The van der Waals surface area contributed by atoms with Crippen LogP contribution in [0.5, 0.6) is 0 Å². The van der Waals surface area contributed by atoms with Gasteiger partial charge in [-0.3, -0.25) is 9.68 Å². The highest BCUT2D eigenvalue weighted by molar-refractivity contribution is 6.07. The van der Waals surface area contributed by atoms with Gasteiger partial charge in [-0.2, -0.15) is 0 Å². The Morgan fingerprint density at radius 2 is 2.00 bits per heavy atom. The Bertz CT molecular complexity index is 194. The maximum Gasteiger partial charge on any atom is 0.384 e. The van der Waals surface area contributed by atoms with E-state index in [9.17, 15) is 9.59 Å². The van der Waals surface area contributed by atoms with Crippen LogP contribution in [0.25, 0.3) is 0 Å². The fourth-order valence-electron chi connectivity index (χ4n) is 0.805. The average molecular weight is 225 g/mol. The first kappa shape index (κ1) is 13.2. The topological polar surface area (TPSA) is 61.8 Å². The molecule has 0 rings (SSSR count). The van der Waals surface area contributed by atoms with Crippen molar-refractivity contribution < 1.29 is 23.7 Å². The minimum atomic E-state index is -0.951. The summed E-state index contributed by atoms with van der Waals surface area (Å²) in [5, 5.41) is 0. The van der Waals surface area contributed by atoms with Crippen molar-refractivity contribution in [2.75, 3.05) is 0 Å². The zero-order valence-electron chi connectivity index (χ0n) is 8.12. The Morgan fingerprint density at radius 1 is 1.36 bits per heavy atom. The molecular weight excluding hydrogens is 212 g/mol. The molecule has 0 heterocycles. The summed E-state index contributed by atoms with van der Waals surface area (Å²) in [6.45, 7) is 3.52. The van der Waals surface area contributed by atoms with E-state index in [-0.39, 0.29) is 6.42 Å². The summed E-state index contributed by atoms with van der Waals surface area (Å²) in [6, 6.07) is 0. The largest absolute Gasteiger partial charge is 0.450 e. The molecule has 1 atom stereocenters. The maximum atomic E-state index is 11.0. The van der Waals surface area contributed by atoms with Gasteiger partial charge in [-0.05, 0) is 12.8 Å². The Hall–Kier alpha value is -0.810. The van der Waals surface area contributed by atoms with Crippen molar-refractivity contribution in [2.24, 2.45) is 0 Å². The number of hydrogen-bond donors (Lipinski definition) is 0. The highest BCUT2D eigenvalue weighted by atomic mass is 35.5. The van der Waals surface area contributed by atoms with Gasteiger partial charge >= 0.3 is 11.9 Å². The van der Waals surface area contributed by atoms with E-state index in [1.54, 1.807) is 6.92 Å². The Morgan fingerprint density at radius 3 is 2.43 bits per heavy atom. The van der Waals surface area contributed by atoms with E-state index in [0.717, 1.165) is 0 Å². The van der Waals surface area contributed by atoms with Gasteiger partial charge in [0.05, 0.1) is 0 Å². The van der Waals surface area contributed by atoms with E-state index in [1.165, 1.54) is 0 Å². The van der Waals surface area contributed by atoms with Crippen LogP contribution < -0.4 is 0 Å². The van der Waals surface area contributed by atoms with Crippen LogP contribution >= 0.6 is 11.9 Å². The molecule has 0 fully saturated rings. The molecule has 0 bridgehead atoms. The molecule has 1 unspecified atom stereocenters. The lowest BCUT2D eigenvalue weighted by atomic mass is 10.3. The number of carbonyl (C=O) groups excluding carboxylic acids is 2. The van der Waals surface area contributed by atoms with E-state index >= 15 is 0 Å². The van der Waals surface area contributed by atoms with Crippen molar-refractivity contribution >= 4 is 23.8 Å². The van der Waals surface area contributed by atoms with E-state index in [1.807, 2.05) is 6.92 Å². The molecule has 0 aromatic carbocycles. The fraction of sp³-hybridized carbons (Fsp3) is 0.750. The number of rotatable bonds is 6. The lowest BCUT2D eigenvalue weighted by Gasteiger charge is -2.12. The molecule has 14 heavy (non-hydrogen) atoms. The molecule has 0 spiro atoms. The second-order valence-electron chi connectivity index (χ2n) is 2.60.